The summed E-state index contributed by atoms with van der Waals surface area (Å²) in [6, 6.07) is 49.5. The zero-order valence-electron chi connectivity index (χ0n) is 19.3. The van der Waals surface area contributed by atoms with Crippen molar-refractivity contribution in [3.63, 3.8) is 0 Å². The summed E-state index contributed by atoms with van der Waals surface area (Å²) < 4.78 is 1.14. The van der Waals surface area contributed by atoms with Gasteiger partial charge >= 0.3 is 0 Å². The zero-order valence-corrected chi connectivity index (χ0v) is 21.8. The van der Waals surface area contributed by atoms with Crippen LogP contribution in [-0.2, 0) is 6.42 Å². The molecule has 0 fully saturated rings. The van der Waals surface area contributed by atoms with E-state index in [0.717, 1.165) is 10.9 Å². The van der Waals surface area contributed by atoms with Crippen LogP contribution in [0.1, 0.15) is 16.7 Å². The Kier molecular flexibility index (Phi) is 8.85. The molecule has 0 unspecified atom stereocenters. The highest BCUT2D eigenvalue weighted by atomic mass is 79.9. The molecule has 2 heteroatoms. The van der Waals surface area contributed by atoms with Crippen LogP contribution in [0.3, 0.4) is 0 Å². The molecule has 0 radical (unpaired) electrons. The molecule has 0 aliphatic carbocycles. The molecule has 34 heavy (non-hydrogen) atoms. The van der Waals surface area contributed by atoms with Gasteiger partial charge in [-0.1, -0.05) is 149 Å². The van der Waals surface area contributed by atoms with Gasteiger partial charge in [0.25, 0.3) is 0 Å². The van der Waals surface area contributed by atoms with Gasteiger partial charge in [-0.25, -0.2) is 0 Å². The first-order chi connectivity index (χ1) is 16.7. The van der Waals surface area contributed by atoms with Crippen LogP contribution in [0.25, 0.3) is 0 Å². The minimum Gasteiger partial charge on any atom is -0.0622 e. The fourth-order valence-corrected chi connectivity index (χ4v) is 6.95. The Bertz CT molecular complexity index is 1230. The van der Waals surface area contributed by atoms with Crippen LogP contribution in [0.5, 0.6) is 0 Å². The minimum absolute atomic E-state index is 0.583. The Balaban J connectivity index is 0.000000336. The van der Waals surface area contributed by atoms with Crippen molar-refractivity contribution in [3.05, 3.63) is 161 Å². The summed E-state index contributed by atoms with van der Waals surface area (Å²) >= 11 is 3.75. The molecular formula is C32H28BrP. The van der Waals surface area contributed by atoms with Gasteiger partial charge in [-0.3, -0.25) is 0 Å². The number of halogens is 1. The quantitative estimate of drug-likeness (QED) is 0.206. The molecule has 0 saturated heterocycles. The maximum absolute atomic E-state index is 3.75. The van der Waals surface area contributed by atoms with Crippen LogP contribution < -0.4 is 15.9 Å². The van der Waals surface area contributed by atoms with E-state index in [4.69, 9.17) is 0 Å². The fraction of sp³-hybridized carbons (Fsp3) is 0.0625. The Labute approximate surface area is 213 Å². The van der Waals surface area contributed by atoms with Crippen LogP contribution in [0.15, 0.2) is 144 Å². The molecule has 0 amide bonds. The van der Waals surface area contributed by atoms with E-state index < -0.39 is 7.92 Å². The first kappa shape index (κ1) is 24.1. The molecule has 0 nitrogen and oxygen atoms in total. The predicted molar refractivity (Wildman–Crippen MR) is 153 cm³/mol. The molecule has 168 valence electrons. The lowest BCUT2D eigenvalue weighted by Gasteiger charge is -2.20. The van der Waals surface area contributed by atoms with Crippen molar-refractivity contribution in [1.82, 2.24) is 0 Å². The van der Waals surface area contributed by atoms with Crippen molar-refractivity contribution in [2.45, 2.75) is 13.3 Å². The van der Waals surface area contributed by atoms with Gasteiger partial charge in [-0.2, -0.15) is 0 Å². The van der Waals surface area contributed by atoms with Gasteiger partial charge in [-0.05, 0) is 60.4 Å². The van der Waals surface area contributed by atoms with Crippen LogP contribution in [-0.4, -0.2) is 0 Å². The van der Waals surface area contributed by atoms with Crippen LogP contribution in [0.4, 0.5) is 0 Å². The van der Waals surface area contributed by atoms with Crippen molar-refractivity contribution in [3.8, 4) is 0 Å². The Morgan fingerprint density at radius 2 is 0.971 bits per heavy atom. The van der Waals surface area contributed by atoms with E-state index >= 15 is 0 Å². The molecule has 0 atom stereocenters. The monoisotopic (exact) mass is 522 g/mol. The molecule has 0 bridgehead atoms. The topological polar surface area (TPSA) is 0 Å². The summed E-state index contributed by atoms with van der Waals surface area (Å²) in [6.07, 6.45) is 0.944. The Hall–Kier alpha value is -2.99. The van der Waals surface area contributed by atoms with Crippen molar-refractivity contribution < 1.29 is 0 Å². The second-order valence-electron chi connectivity index (χ2n) is 8.14. The summed E-state index contributed by atoms with van der Waals surface area (Å²) in [5.74, 6) is 0. The third kappa shape index (κ3) is 7.00. The van der Waals surface area contributed by atoms with E-state index in [1.54, 1.807) is 0 Å². The van der Waals surface area contributed by atoms with E-state index in [2.05, 4.69) is 144 Å². The molecule has 0 aliphatic heterocycles. The molecule has 5 aromatic carbocycles. The predicted octanol–water partition coefficient (Wildman–Crippen LogP) is 7.79. The van der Waals surface area contributed by atoms with Crippen molar-refractivity contribution in [2.24, 2.45) is 0 Å². The lowest BCUT2D eigenvalue weighted by Crippen LogP contribution is -2.21. The Morgan fingerprint density at radius 3 is 1.44 bits per heavy atom. The molecule has 0 spiro atoms. The van der Waals surface area contributed by atoms with Gasteiger partial charge in [0.05, 0.1) is 0 Å². The summed E-state index contributed by atoms with van der Waals surface area (Å²) in [5, 5.41) is 4.13. The second kappa shape index (κ2) is 12.5. The van der Waals surface area contributed by atoms with Crippen LogP contribution >= 0.6 is 23.9 Å². The van der Waals surface area contributed by atoms with Crippen LogP contribution in [0, 0.1) is 6.92 Å². The summed E-state index contributed by atoms with van der Waals surface area (Å²) in [5.41, 5.74) is 4.00. The number of rotatable bonds is 5. The molecule has 5 rings (SSSR count). The highest BCUT2D eigenvalue weighted by molar-refractivity contribution is 9.10. The van der Waals surface area contributed by atoms with E-state index in [0.29, 0.717) is 0 Å². The molecule has 0 saturated carbocycles. The van der Waals surface area contributed by atoms with Gasteiger partial charge < -0.3 is 0 Å². The van der Waals surface area contributed by atoms with Gasteiger partial charge in [0.15, 0.2) is 0 Å². The van der Waals surface area contributed by atoms with Gasteiger partial charge in [0.2, 0.25) is 0 Å². The Morgan fingerprint density at radius 1 is 0.500 bits per heavy atom. The summed E-state index contributed by atoms with van der Waals surface area (Å²) in [6.45, 7) is 2.08. The van der Waals surface area contributed by atoms with Gasteiger partial charge in [0.1, 0.15) is 0 Å². The maximum atomic E-state index is 3.75. The first-order valence-corrected chi connectivity index (χ1v) is 13.6. The number of benzene rings is 5. The molecule has 0 N–H and O–H groups in total. The van der Waals surface area contributed by atoms with E-state index in [1.807, 2.05) is 18.2 Å². The maximum Gasteiger partial charge on any atom is 0.0184 e. The average Bonchev–Trinajstić information content (AvgIpc) is 2.87. The van der Waals surface area contributed by atoms with Crippen molar-refractivity contribution in [1.29, 1.82) is 0 Å². The van der Waals surface area contributed by atoms with E-state index in [-0.39, 0.29) is 0 Å². The third-order valence-electron chi connectivity index (χ3n) is 5.42. The zero-order chi connectivity index (χ0) is 23.6. The van der Waals surface area contributed by atoms with Gasteiger partial charge in [0, 0.05) is 4.47 Å². The lowest BCUT2D eigenvalue weighted by molar-refractivity contribution is 1.19. The average molecular weight is 523 g/mol. The summed E-state index contributed by atoms with van der Waals surface area (Å²) in [7, 11) is -0.583. The van der Waals surface area contributed by atoms with Crippen molar-refractivity contribution >= 4 is 39.8 Å². The lowest BCUT2D eigenvalue weighted by atomic mass is 10.1. The summed E-state index contributed by atoms with van der Waals surface area (Å²) in [4.78, 5) is 0. The number of aryl methyl sites for hydroxylation is 1. The SMILES string of the molecule is Brc1cc(Cc2ccccc2)cc(P(c2ccccc2)c2ccccc2)c1.Cc1ccccc1. The first-order valence-electron chi connectivity index (χ1n) is 11.4. The number of hydrogen-bond donors (Lipinski definition) is 0. The normalized spacial score (nSPS) is 10.4. The van der Waals surface area contributed by atoms with Crippen LogP contribution in [0.2, 0.25) is 0 Å². The third-order valence-corrected chi connectivity index (χ3v) is 8.28. The largest absolute Gasteiger partial charge is 0.0622 e. The van der Waals surface area contributed by atoms with Gasteiger partial charge in [-0.15, -0.1) is 0 Å². The fourth-order valence-electron chi connectivity index (χ4n) is 3.83. The van der Waals surface area contributed by atoms with Crippen molar-refractivity contribution in [2.75, 3.05) is 0 Å². The second-order valence-corrected chi connectivity index (χ2v) is 11.3. The number of hydrogen-bond acceptors (Lipinski definition) is 0. The molecular weight excluding hydrogens is 495 g/mol. The highest BCUT2D eigenvalue weighted by Gasteiger charge is 2.17. The van der Waals surface area contributed by atoms with E-state index in [1.165, 1.54) is 32.6 Å². The highest BCUT2D eigenvalue weighted by Crippen LogP contribution is 2.34. The standard InChI is InChI=1S/C25H20BrP.C7H8/c26-22-17-21(16-20-10-4-1-5-11-20)18-25(19-22)27(23-12-6-2-7-13-23)24-14-8-3-9-15-24;1-7-5-3-2-4-6-7/h1-15,17-19H,16H2;2-6H,1H3. The minimum atomic E-state index is -0.583. The molecule has 0 heterocycles. The molecule has 0 aromatic heterocycles. The van der Waals surface area contributed by atoms with E-state index in [9.17, 15) is 0 Å². The molecule has 0 aliphatic rings. The smallest absolute Gasteiger partial charge is 0.0184 e. The molecule has 5 aromatic rings.